The summed E-state index contributed by atoms with van der Waals surface area (Å²) >= 11 is 5.87. The maximum Gasteiger partial charge on any atom is 0.141 e. The third-order valence-electron chi connectivity index (χ3n) is 6.60. The molecule has 4 aliphatic rings. The number of carbonyl (C=O) groups is 1. The number of aliphatic hydroxyl groups excluding tert-OH is 1. The molecule has 7 atom stereocenters. The number of rotatable bonds is 4. The van der Waals surface area contributed by atoms with E-state index in [2.05, 4.69) is 6.58 Å². The minimum Gasteiger partial charge on any atom is -0.490 e. The number of halogens is 1. The van der Waals surface area contributed by atoms with Crippen molar-refractivity contribution in [3.8, 4) is 0 Å². The first-order valence-electron chi connectivity index (χ1n) is 8.26. The van der Waals surface area contributed by atoms with Gasteiger partial charge in [0.15, 0.2) is 0 Å². The summed E-state index contributed by atoms with van der Waals surface area (Å²) in [7, 11) is 0. The molecule has 2 heterocycles. The van der Waals surface area contributed by atoms with E-state index in [1.54, 1.807) is 0 Å². The van der Waals surface area contributed by atoms with Gasteiger partial charge in [-0.2, -0.15) is 0 Å². The van der Waals surface area contributed by atoms with Crippen molar-refractivity contribution in [2.24, 2.45) is 17.3 Å². The van der Waals surface area contributed by atoms with Gasteiger partial charge in [-0.25, -0.2) is 0 Å². The van der Waals surface area contributed by atoms with Crippen LogP contribution in [0.1, 0.15) is 39.0 Å². The van der Waals surface area contributed by atoms with Crippen LogP contribution in [0.5, 0.6) is 0 Å². The predicted molar refractivity (Wildman–Crippen MR) is 81.5 cm³/mol. The van der Waals surface area contributed by atoms with Gasteiger partial charge in [0.05, 0.1) is 24.2 Å². The number of ether oxygens (including phenoxy) is 2. The van der Waals surface area contributed by atoms with Crippen LogP contribution in [0.15, 0.2) is 12.3 Å². The van der Waals surface area contributed by atoms with E-state index in [0.29, 0.717) is 30.6 Å². The molecular weight excluding hydrogens is 304 g/mol. The molecule has 1 N–H and O–H groups in total. The molecule has 4 nitrogen and oxygen atoms in total. The second-order valence-corrected chi connectivity index (χ2v) is 7.83. The zero-order chi connectivity index (χ0) is 15.7. The molecule has 0 amide bonds. The van der Waals surface area contributed by atoms with Crippen LogP contribution in [0.4, 0.5) is 0 Å². The van der Waals surface area contributed by atoms with Crippen LogP contribution in [0.25, 0.3) is 0 Å². The van der Waals surface area contributed by atoms with E-state index in [-0.39, 0.29) is 23.7 Å². The number of ketones is 1. The Labute approximate surface area is 135 Å². The van der Waals surface area contributed by atoms with Crippen molar-refractivity contribution in [1.29, 1.82) is 0 Å². The van der Waals surface area contributed by atoms with E-state index < -0.39 is 17.1 Å². The zero-order valence-electron chi connectivity index (χ0n) is 12.9. The van der Waals surface area contributed by atoms with Gasteiger partial charge in [-0.05, 0) is 26.2 Å². The Balaban J connectivity index is 1.66. The largest absolute Gasteiger partial charge is 0.490 e. The molecule has 0 aromatic rings. The minimum atomic E-state index is -0.669. The van der Waals surface area contributed by atoms with E-state index in [1.807, 2.05) is 6.92 Å². The lowest BCUT2D eigenvalue weighted by Crippen LogP contribution is -2.66. The van der Waals surface area contributed by atoms with Crippen LogP contribution in [-0.2, 0) is 14.3 Å². The molecule has 2 aliphatic carbocycles. The highest BCUT2D eigenvalue weighted by Crippen LogP contribution is 2.67. The molecule has 122 valence electrons. The molecule has 22 heavy (non-hydrogen) atoms. The normalized spacial score (nSPS) is 50.7. The van der Waals surface area contributed by atoms with Crippen molar-refractivity contribution in [2.75, 3.05) is 5.88 Å². The molecule has 0 spiro atoms. The molecule has 2 saturated carbocycles. The monoisotopic (exact) mass is 326 g/mol. The van der Waals surface area contributed by atoms with Crippen LogP contribution in [0.3, 0.4) is 0 Å². The SMILES string of the molecule is C=C1O[C@@]2(C)[C@@H](CCCl)C(=O)C[C@@]12[C@@H](O)[C@H]1CCC[C@@H]2O[C@H]12. The van der Waals surface area contributed by atoms with Crippen LogP contribution >= 0.6 is 11.6 Å². The summed E-state index contributed by atoms with van der Waals surface area (Å²) in [6.07, 6.45) is 3.84. The number of fused-ring (bicyclic) bond motifs is 2. The number of carbonyl (C=O) groups excluding carboxylic acids is 1. The molecule has 0 aromatic carbocycles. The van der Waals surface area contributed by atoms with E-state index in [0.717, 1.165) is 19.3 Å². The lowest BCUT2D eigenvalue weighted by atomic mass is 9.58. The van der Waals surface area contributed by atoms with Gasteiger partial charge < -0.3 is 14.6 Å². The molecule has 4 fully saturated rings. The lowest BCUT2D eigenvalue weighted by Gasteiger charge is -2.59. The van der Waals surface area contributed by atoms with E-state index in [1.165, 1.54) is 0 Å². The number of Topliss-reactive ketones (excluding diaryl/α,β-unsaturated/α-hetero) is 1. The van der Waals surface area contributed by atoms with Gasteiger partial charge >= 0.3 is 0 Å². The second-order valence-electron chi connectivity index (χ2n) is 7.46. The molecule has 2 aliphatic heterocycles. The predicted octanol–water partition coefficient (Wildman–Crippen LogP) is 2.42. The summed E-state index contributed by atoms with van der Waals surface area (Å²) in [5, 5.41) is 11.2. The fourth-order valence-corrected chi connectivity index (χ4v) is 5.54. The van der Waals surface area contributed by atoms with Gasteiger partial charge in [0.25, 0.3) is 0 Å². The molecule has 0 bridgehead atoms. The highest BCUT2D eigenvalue weighted by Gasteiger charge is 2.76. The first-order valence-corrected chi connectivity index (χ1v) is 8.80. The first-order chi connectivity index (χ1) is 10.5. The summed E-state index contributed by atoms with van der Waals surface area (Å²) in [4.78, 5) is 12.5. The smallest absolute Gasteiger partial charge is 0.141 e. The molecule has 0 aromatic heterocycles. The van der Waals surface area contributed by atoms with Crippen molar-refractivity contribution in [3.05, 3.63) is 12.3 Å². The van der Waals surface area contributed by atoms with E-state index >= 15 is 0 Å². The van der Waals surface area contributed by atoms with Crippen molar-refractivity contribution < 1.29 is 19.4 Å². The molecule has 5 heteroatoms. The fourth-order valence-electron chi connectivity index (χ4n) is 5.33. The van der Waals surface area contributed by atoms with Gasteiger partial charge in [0.2, 0.25) is 0 Å². The van der Waals surface area contributed by atoms with Crippen molar-refractivity contribution >= 4 is 17.4 Å². The Bertz CT molecular complexity index is 535. The number of aliphatic hydroxyl groups is 1. The summed E-state index contributed by atoms with van der Waals surface area (Å²) in [6, 6.07) is 0. The minimum absolute atomic E-state index is 0.0845. The number of epoxide rings is 1. The van der Waals surface area contributed by atoms with E-state index in [9.17, 15) is 9.90 Å². The van der Waals surface area contributed by atoms with Gasteiger partial charge in [0, 0.05) is 18.2 Å². The average molecular weight is 327 g/mol. The Morgan fingerprint density at radius 3 is 2.95 bits per heavy atom. The van der Waals surface area contributed by atoms with Crippen LogP contribution in [0.2, 0.25) is 0 Å². The number of hydrogen-bond acceptors (Lipinski definition) is 4. The third-order valence-corrected chi connectivity index (χ3v) is 6.82. The molecule has 0 radical (unpaired) electrons. The van der Waals surface area contributed by atoms with Crippen molar-refractivity contribution in [2.45, 2.75) is 62.9 Å². The van der Waals surface area contributed by atoms with Crippen molar-refractivity contribution in [1.82, 2.24) is 0 Å². The van der Waals surface area contributed by atoms with Gasteiger partial charge in [-0.15, -0.1) is 11.6 Å². The number of alkyl halides is 1. The standard InChI is InChI=1S/C17H23ClO4/c1-9-17(15(20)10-4-3-5-13-14(10)21-13)8-12(19)11(6-7-18)16(17,2)22-9/h10-11,13-15,20H,1,3-8H2,2H3/t10-,11-,13-,14+,15-,16-,17-/m0/s1. The molecule has 4 rings (SSSR count). The third kappa shape index (κ3) is 1.64. The van der Waals surface area contributed by atoms with Crippen LogP contribution < -0.4 is 0 Å². The van der Waals surface area contributed by atoms with E-state index in [4.69, 9.17) is 21.1 Å². The number of hydrogen-bond donors (Lipinski definition) is 1. The lowest BCUT2D eigenvalue weighted by molar-refractivity contribution is -0.246. The summed E-state index contributed by atoms with van der Waals surface area (Å²) in [5.41, 5.74) is -1.32. The Morgan fingerprint density at radius 2 is 2.27 bits per heavy atom. The maximum atomic E-state index is 12.5. The quantitative estimate of drug-likeness (QED) is 0.636. The molecule has 2 saturated heterocycles. The Kier molecular flexibility index (Phi) is 3.21. The Hall–Kier alpha value is -0.580. The summed E-state index contributed by atoms with van der Waals surface area (Å²) in [5.74, 6) is 0.970. The second kappa shape index (κ2) is 4.71. The first kappa shape index (κ1) is 15.0. The van der Waals surface area contributed by atoms with Gasteiger partial charge in [-0.1, -0.05) is 13.0 Å². The molecular formula is C17H23ClO4. The zero-order valence-corrected chi connectivity index (χ0v) is 13.6. The summed E-state index contributed by atoms with van der Waals surface area (Å²) < 4.78 is 11.6. The van der Waals surface area contributed by atoms with Crippen molar-refractivity contribution in [3.63, 3.8) is 0 Å². The Morgan fingerprint density at radius 1 is 1.50 bits per heavy atom. The molecule has 0 unspecified atom stereocenters. The van der Waals surface area contributed by atoms with Crippen LogP contribution in [-0.4, -0.2) is 40.7 Å². The topological polar surface area (TPSA) is 59.1 Å². The van der Waals surface area contributed by atoms with Gasteiger partial charge in [-0.3, -0.25) is 4.79 Å². The highest BCUT2D eigenvalue weighted by atomic mass is 35.5. The average Bonchev–Trinajstić information content (AvgIpc) is 3.25. The van der Waals surface area contributed by atoms with Crippen LogP contribution in [0, 0.1) is 17.3 Å². The maximum absolute atomic E-state index is 12.5. The fraction of sp³-hybridized carbons (Fsp3) is 0.824. The summed E-state index contributed by atoms with van der Waals surface area (Å²) in [6.45, 7) is 5.94. The highest BCUT2D eigenvalue weighted by molar-refractivity contribution is 6.18. The van der Waals surface area contributed by atoms with Gasteiger partial charge in [0.1, 0.15) is 22.6 Å².